The maximum absolute atomic E-state index is 6.32. The third-order valence-corrected chi connectivity index (χ3v) is 3.33. The van der Waals surface area contributed by atoms with Crippen LogP contribution in [0.5, 0.6) is 0 Å². The van der Waals surface area contributed by atoms with Crippen LogP contribution >= 0.6 is 0 Å². The third kappa shape index (κ3) is 2.33. The van der Waals surface area contributed by atoms with Crippen LogP contribution in [0.3, 0.4) is 0 Å². The fourth-order valence-corrected chi connectivity index (χ4v) is 2.48. The highest BCUT2D eigenvalue weighted by atomic mass is 15.1. The largest absolute Gasteiger partial charge is 0.397 e. The highest BCUT2D eigenvalue weighted by molar-refractivity contribution is 5.70. The quantitative estimate of drug-likeness (QED) is 0.802. The average Bonchev–Trinajstić information content (AvgIpc) is 2.39. The van der Waals surface area contributed by atoms with Crippen molar-refractivity contribution in [2.75, 3.05) is 13.1 Å². The van der Waals surface area contributed by atoms with E-state index in [-0.39, 0.29) is 0 Å². The van der Waals surface area contributed by atoms with E-state index in [0.717, 1.165) is 31.6 Å². The summed E-state index contributed by atoms with van der Waals surface area (Å²) in [6.45, 7) is 9.23. The van der Waals surface area contributed by atoms with Gasteiger partial charge in [0.05, 0.1) is 5.70 Å². The lowest BCUT2D eigenvalue weighted by Crippen LogP contribution is -2.28. The summed E-state index contributed by atoms with van der Waals surface area (Å²) in [7, 11) is 0. The van der Waals surface area contributed by atoms with Gasteiger partial charge >= 0.3 is 0 Å². The molecular formula is C16H20N2. The molecule has 1 aliphatic rings. The van der Waals surface area contributed by atoms with Crippen LogP contribution in [0.25, 0.3) is 5.70 Å². The van der Waals surface area contributed by atoms with E-state index in [1.54, 1.807) is 0 Å². The van der Waals surface area contributed by atoms with Crippen molar-refractivity contribution in [2.45, 2.75) is 12.8 Å². The second-order valence-corrected chi connectivity index (χ2v) is 4.50. The van der Waals surface area contributed by atoms with Crippen LogP contribution in [-0.2, 0) is 6.42 Å². The second kappa shape index (κ2) is 5.58. The lowest BCUT2D eigenvalue weighted by atomic mass is 9.92. The number of benzene rings is 1. The molecule has 94 valence electrons. The average molecular weight is 240 g/mol. The number of nitrogens with two attached hydrogens (primary N) is 1. The smallest absolute Gasteiger partial charge is 0.0585 e. The minimum atomic E-state index is 0.810. The van der Waals surface area contributed by atoms with Crippen LogP contribution < -0.4 is 5.73 Å². The van der Waals surface area contributed by atoms with Gasteiger partial charge in [0.25, 0.3) is 0 Å². The Balaban J connectivity index is 2.38. The summed E-state index contributed by atoms with van der Waals surface area (Å²) >= 11 is 0. The van der Waals surface area contributed by atoms with Crippen molar-refractivity contribution >= 4 is 5.70 Å². The Bertz CT molecular complexity index is 476. The van der Waals surface area contributed by atoms with Gasteiger partial charge in [-0.3, -0.25) is 0 Å². The summed E-state index contributed by atoms with van der Waals surface area (Å²) in [4.78, 5) is 2.24. The van der Waals surface area contributed by atoms with E-state index in [0.29, 0.717) is 0 Å². The number of fused-ring (bicyclic) bond motifs is 1. The number of allylic oxidation sites excluding steroid dienone is 1. The maximum Gasteiger partial charge on any atom is 0.0585 e. The van der Waals surface area contributed by atoms with Crippen molar-refractivity contribution in [3.63, 3.8) is 0 Å². The Morgan fingerprint density at radius 3 is 2.44 bits per heavy atom. The molecule has 0 saturated carbocycles. The van der Waals surface area contributed by atoms with Gasteiger partial charge in [-0.2, -0.15) is 0 Å². The van der Waals surface area contributed by atoms with Crippen molar-refractivity contribution < 1.29 is 0 Å². The molecule has 1 aromatic carbocycles. The number of hydrogen-bond donors (Lipinski definition) is 1. The van der Waals surface area contributed by atoms with Gasteiger partial charge in [0.2, 0.25) is 0 Å². The first-order valence-electron chi connectivity index (χ1n) is 6.31. The standard InChI is InChI=1S/C16H20N2/c1-3-11-18(12-4-2)15-10-9-13-7-5-6-8-14(13)16(15)17/h3-8H,1-2,9-12,17H2. The molecule has 0 aromatic heterocycles. The molecule has 2 nitrogen and oxygen atoms in total. The van der Waals surface area contributed by atoms with Crippen molar-refractivity contribution in [3.8, 4) is 0 Å². The summed E-state index contributed by atoms with van der Waals surface area (Å²) in [5, 5.41) is 0. The van der Waals surface area contributed by atoms with Crippen LogP contribution in [0.4, 0.5) is 0 Å². The highest BCUT2D eigenvalue weighted by Crippen LogP contribution is 2.29. The molecule has 0 fully saturated rings. The van der Waals surface area contributed by atoms with Crippen molar-refractivity contribution in [2.24, 2.45) is 5.73 Å². The fraction of sp³-hybridized carbons (Fsp3) is 0.250. The van der Waals surface area contributed by atoms with Crippen molar-refractivity contribution in [3.05, 3.63) is 66.4 Å². The molecule has 0 atom stereocenters. The number of nitrogens with zero attached hydrogens (tertiary/aromatic N) is 1. The predicted octanol–water partition coefficient (Wildman–Crippen LogP) is 2.93. The molecule has 0 bridgehead atoms. The van der Waals surface area contributed by atoms with E-state index in [2.05, 4.69) is 36.3 Å². The first-order valence-corrected chi connectivity index (χ1v) is 6.31. The molecule has 1 aliphatic carbocycles. The topological polar surface area (TPSA) is 29.3 Å². The Kier molecular flexibility index (Phi) is 3.88. The third-order valence-electron chi connectivity index (χ3n) is 3.33. The molecule has 18 heavy (non-hydrogen) atoms. The lowest BCUT2D eigenvalue weighted by molar-refractivity contribution is 0.403. The zero-order valence-corrected chi connectivity index (χ0v) is 10.7. The number of hydrogen-bond acceptors (Lipinski definition) is 2. The second-order valence-electron chi connectivity index (χ2n) is 4.50. The van der Waals surface area contributed by atoms with E-state index < -0.39 is 0 Å². The first kappa shape index (κ1) is 12.5. The molecule has 0 unspecified atom stereocenters. The molecule has 2 N–H and O–H groups in total. The van der Waals surface area contributed by atoms with Gasteiger partial charge in [0.1, 0.15) is 0 Å². The van der Waals surface area contributed by atoms with Crippen molar-refractivity contribution in [1.82, 2.24) is 4.90 Å². The summed E-state index contributed by atoms with van der Waals surface area (Å²) in [5.41, 5.74) is 11.0. The zero-order chi connectivity index (χ0) is 13.0. The van der Waals surface area contributed by atoms with Crippen LogP contribution in [0.1, 0.15) is 17.5 Å². The maximum atomic E-state index is 6.32. The van der Waals surface area contributed by atoms with Crippen LogP contribution in [0, 0.1) is 0 Å². The minimum absolute atomic E-state index is 0.810. The van der Waals surface area contributed by atoms with Gasteiger partial charge in [-0.25, -0.2) is 0 Å². The van der Waals surface area contributed by atoms with Gasteiger partial charge in [0, 0.05) is 24.4 Å². The van der Waals surface area contributed by atoms with Crippen LogP contribution in [-0.4, -0.2) is 18.0 Å². The molecule has 0 heterocycles. The van der Waals surface area contributed by atoms with Crippen LogP contribution in [0.2, 0.25) is 0 Å². The Labute approximate surface area is 109 Å². The van der Waals surface area contributed by atoms with Gasteiger partial charge in [-0.15, -0.1) is 13.2 Å². The monoisotopic (exact) mass is 240 g/mol. The molecule has 1 aromatic rings. The Morgan fingerprint density at radius 1 is 1.11 bits per heavy atom. The Morgan fingerprint density at radius 2 is 1.78 bits per heavy atom. The van der Waals surface area contributed by atoms with Crippen molar-refractivity contribution in [1.29, 1.82) is 0 Å². The molecule has 0 amide bonds. The minimum Gasteiger partial charge on any atom is -0.397 e. The van der Waals surface area contributed by atoms with Crippen LogP contribution in [0.15, 0.2) is 55.3 Å². The lowest BCUT2D eigenvalue weighted by Gasteiger charge is -2.30. The number of aryl methyl sites for hydroxylation is 1. The summed E-state index contributed by atoms with van der Waals surface area (Å²) in [5.74, 6) is 0. The Hall–Kier alpha value is -1.96. The first-order chi connectivity index (χ1) is 8.77. The normalized spacial score (nSPS) is 14.0. The van der Waals surface area contributed by atoms with E-state index in [9.17, 15) is 0 Å². The van der Waals surface area contributed by atoms with Gasteiger partial charge in [-0.1, -0.05) is 36.4 Å². The zero-order valence-electron chi connectivity index (χ0n) is 10.7. The molecule has 0 radical (unpaired) electrons. The predicted molar refractivity (Wildman–Crippen MR) is 77.8 cm³/mol. The van der Waals surface area contributed by atoms with Gasteiger partial charge in [-0.05, 0) is 18.4 Å². The summed E-state index contributed by atoms with van der Waals surface area (Å²) < 4.78 is 0. The highest BCUT2D eigenvalue weighted by Gasteiger charge is 2.19. The molecule has 0 aliphatic heterocycles. The molecule has 2 rings (SSSR count). The SMILES string of the molecule is C=CCN(CC=C)C1=C(N)c2ccccc2CC1. The molecular weight excluding hydrogens is 220 g/mol. The number of rotatable bonds is 5. The summed E-state index contributed by atoms with van der Waals surface area (Å²) in [6, 6.07) is 8.37. The fourth-order valence-electron chi connectivity index (χ4n) is 2.48. The molecule has 0 spiro atoms. The molecule has 2 heteroatoms. The van der Waals surface area contributed by atoms with E-state index >= 15 is 0 Å². The van der Waals surface area contributed by atoms with E-state index in [1.165, 1.54) is 16.8 Å². The van der Waals surface area contributed by atoms with E-state index in [4.69, 9.17) is 5.73 Å². The summed E-state index contributed by atoms with van der Waals surface area (Å²) in [6.07, 6.45) is 5.86. The van der Waals surface area contributed by atoms with Gasteiger partial charge < -0.3 is 10.6 Å². The molecule has 0 saturated heterocycles. The van der Waals surface area contributed by atoms with Gasteiger partial charge in [0.15, 0.2) is 0 Å². The van der Waals surface area contributed by atoms with E-state index in [1.807, 2.05) is 18.2 Å².